The molecule has 0 saturated heterocycles. The highest BCUT2D eigenvalue weighted by Crippen LogP contribution is 1.75. The number of hydrogen-bond acceptors (Lipinski definition) is 2. The Hall–Kier alpha value is -1.93. The van der Waals surface area contributed by atoms with Gasteiger partial charge in [-0.1, -0.05) is 17.9 Å². The maximum absolute atomic E-state index is 10.5. The molecule has 0 fully saturated rings. The van der Waals surface area contributed by atoms with E-state index in [2.05, 4.69) is 28.4 Å². The predicted molar refractivity (Wildman–Crippen MR) is 51.5 cm³/mol. The van der Waals surface area contributed by atoms with Gasteiger partial charge in [0.25, 0.3) is 0 Å². The first-order valence-corrected chi connectivity index (χ1v) is 3.68. The molecule has 0 aliphatic heterocycles. The van der Waals surface area contributed by atoms with Crippen LogP contribution in [0.2, 0.25) is 0 Å². The molecule has 0 heterocycles. The fourth-order valence-corrected chi connectivity index (χ4v) is 0.417. The second-order valence-corrected chi connectivity index (χ2v) is 1.90. The molecular formula is C11H10O2. The van der Waals surface area contributed by atoms with Crippen molar-refractivity contribution in [3.8, 4) is 23.7 Å². The lowest BCUT2D eigenvalue weighted by Crippen LogP contribution is -1.92. The molecule has 0 amide bonds. The molecule has 2 heteroatoms. The molecular weight excluding hydrogens is 164 g/mol. The van der Waals surface area contributed by atoms with Crippen molar-refractivity contribution in [2.45, 2.75) is 6.92 Å². The van der Waals surface area contributed by atoms with Crippen LogP contribution in [0.4, 0.5) is 0 Å². The second kappa shape index (κ2) is 8.17. The Kier molecular flexibility index (Phi) is 6.96. The number of ether oxygens (including phenoxy) is 1. The van der Waals surface area contributed by atoms with E-state index < -0.39 is 5.97 Å². The summed E-state index contributed by atoms with van der Waals surface area (Å²) in [7, 11) is 1.31. The van der Waals surface area contributed by atoms with Crippen molar-refractivity contribution in [2.75, 3.05) is 7.11 Å². The maximum atomic E-state index is 10.5. The molecule has 0 aromatic carbocycles. The maximum Gasteiger partial charge on any atom is 0.331 e. The standard InChI is InChI=1S/C11H10O2/c1-3-4-5-6-7-8-9-10-11(12)13-2/h3-4,9-10H,1-2H3/b4-3-,10-9+. The molecule has 13 heavy (non-hydrogen) atoms. The van der Waals surface area contributed by atoms with E-state index in [1.807, 2.05) is 13.0 Å². The van der Waals surface area contributed by atoms with Crippen molar-refractivity contribution >= 4 is 5.97 Å². The van der Waals surface area contributed by atoms with Gasteiger partial charge in [0.15, 0.2) is 0 Å². The Morgan fingerprint density at radius 3 is 2.38 bits per heavy atom. The molecule has 0 rings (SSSR count). The van der Waals surface area contributed by atoms with Gasteiger partial charge in [-0.15, -0.1) is 0 Å². The number of rotatable bonds is 1. The molecule has 0 bridgehead atoms. The minimum Gasteiger partial charge on any atom is -0.466 e. The Bertz CT molecular complexity index is 327. The first-order chi connectivity index (χ1) is 6.31. The van der Waals surface area contributed by atoms with Gasteiger partial charge in [0.1, 0.15) is 0 Å². The third-order valence-corrected chi connectivity index (χ3v) is 0.961. The zero-order chi connectivity index (χ0) is 9.94. The van der Waals surface area contributed by atoms with Crippen LogP contribution in [0.25, 0.3) is 0 Å². The van der Waals surface area contributed by atoms with Crippen LogP contribution in [0.1, 0.15) is 6.92 Å². The quantitative estimate of drug-likeness (QED) is 0.340. The summed E-state index contributed by atoms with van der Waals surface area (Å²) in [5, 5.41) is 0. The van der Waals surface area contributed by atoms with Gasteiger partial charge in [-0.25, -0.2) is 4.79 Å². The van der Waals surface area contributed by atoms with Gasteiger partial charge >= 0.3 is 5.97 Å². The molecule has 0 atom stereocenters. The normalized spacial score (nSPS) is 8.77. The summed E-state index contributed by atoms with van der Waals surface area (Å²) in [6.07, 6.45) is 6.15. The van der Waals surface area contributed by atoms with Crippen molar-refractivity contribution in [1.29, 1.82) is 0 Å². The number of allylic oxidation sites excluding steroid dienone is 3. The van der Waals surface area contributed by atoms with Crippen LogP contribution in [0.5, 0.6) is 0 Å². The highest BCUT2D eigenvalue weighted by atomic mass is 16.5. The number of hydrogen-bond donors (Lipinski definition) is 0. The lowest BCUT2D eigenvalue weighted by molar-refractivity contribution is -0.134. The highest BCUT2D eigenvalue weighted by Gasteiger charge is 1.85. The third-order valence-electron chi connectivity index (χ3n) is 0.961. The Morgan fingerprint density at radius 1 is 1.23 bits per heavy atom. The summed E-state index contributed by atoms with van der Waals surface area (Å²) < 4.78 is 4.35. The summed E-state index contributed by atoms with van der Waals surface area (Å²) in [4.78, 5) is 10.5. The van der Waals surface area contributed by atoms with Crippen molar-refractivity contribution in [2.24, 2.45) is 0 Å². The lowest BCUT2D eigenvalue weighted by Gasteiger charge is -1.84. The molecule has 66 valence electrons. The van der Waals surface area contributed by atoms with E-state index in [-0.39, 0.29) is 0 Å². The van der Waals surface area contributed by atoms with Crippen LogP contribution in [-0.4, -0.2) is 13.1 Å². The molecule has 0 aromatic rings. The van der Waals surface area contributed by atoms with Crippen LogP contribution in [-0.2, 0) is 9.53 Å². The third kappa shape index (κ3) is 7.97. The van der Waals surface area contributed by atoms with Crippen LogP contribution < -0.4 is 0 Å². The topological polar surface area (TPSA) is 26.3 Å². The summed E-state index contributed by atoms with van der Waals surface area (Å²) in [6.45, 7) is 1.87. The number of methoxy groups -OCH3 is 1. The average Bonchev–Trinajstić information content (AvgIpc) is 2.16. The van der Waals surface area contributed by atoms with Crippen LogP contribution in [0.3, 0.4) is 0 Å². The van der Waals surface area contributed by atoms with Gasteiger partial charge < -0.3 is 4.74 Å². The van der Waals surface area contributed by atoms with Crippen LogP contribution in [0.15, 0.2) is 24.3 Å². The van der Waals surface area contributed by atoms with Crippen LogP contribution in [0, 0.1) is 23.7 Å². The molecule has 0 unspecified atom stereocenters. The molecule has 2 nitrogen and oxygen atoms in total. The molecule has 0 aliphatic carbocycles. The van der Waals surface area contributed by atoms with Gasteiger partial charge in [-0.05, 0) is 30.9 Å². The van der Waals surface area contributed by atoms with Gasteiger partial charge in [-0.2, -0.15) is 0 Å². The first kappa shape index (κ1) is 11.1. The number of esters is 1. The van der Waals surface area contributed by atoms with E-state index in [0.717, 1.165) is 0 Å². The Morgan fingerprint density at radius 2 is 1.85 bits per heavy atom. The zero-order valence-corrected chi connectivity index (χ0v) is 7.63. The largest absolute Gasteiger partial charge is 0.466 e. The highest BCUT2D eigenvalue weighted by molar-refractivity contribution is 5.82. The van der Waals surface area contributed by atoms with Crippen molar-refractivity contribution in [3.05, 3.63) is 24.3 Å². The Balaban J connectivity index is 3.95. The fraction of sp³-hybridized carbons (Fsp3) is 0.182. The predicted octanol–water partition coefficient (Wildman–Crippen LogP) is 1.30. The monoisotopic (exact) mass is 174 g/mol. The molecule has 0 radical (unpaired) electrons. The Labute approximate surface area is 78.3 Å². The van der Waals surface area contributed by atoms with E-state index in [4.69, 9.17) is 0 Å². The smallest absolute Gasteiger partial charge is 0.331 e. The van der Waals surface area contributed by atoms with Gasteiger partial charge in [0.05, 0.1) is 7.11 Å². The van der Waals surface area contributed by atoms with Gasteiger partial charge in [0.2, 0.25) is 0 Å². The van der Waals surface area contributed by atoms with Crippen molar-refractivity contribution in [1.82, 2.24) is 0 Å². The number of carbonyl (C=O) groups is 1. The number of carbonyl (C=O) groups excluding carboxylic acids is 1. The lowest BCUT2D eigenvalue weighted by atomic mass is 10.4. The second-order valence-electron chi connectivity index (χ2n) is 1.90. The minimum absolute atomic E-state index is 0.421. The zero-order valence-electron chi connectivity index (χ0n) is 7.63. The molecule has 0 aromatic heterocycles. The summed E-state index contributed by atoms with van der Waals surface area (Å²) in [6, 6.07) is 0. The van der Waals surface area contributed by atoms with Crippen LogP contribution >= 0.6 is 0 Å². The average molecular weight is 174 g/mol. The molecule has 0 N–H and O–H groups in total. The van der Waals surface area contributed by atoms with Gasteiger partial charge in [0, 0.05) is 6.08 Å². The fourth-order valence-electron chi connectivity index (χ4n) is 0.417. The van der Waals surface area contributed by atoms with Crippen molar-refractivity contribution in [3.63, 3.8) is 0 Å². The van der Waals surface area contributed by atoms with E-state index in [0.29, 0.717) is 0 Å². The van der Waals surface area contributed by atoms with E-state index in [1.54, 1.807) is 6.08 Å². The minimum atomic E-state index is -0.421. The van der Waals surface area contributed by atoms with E-state index in [1.165, 1.54) is 19.3 Å². The summed E-state index contributed by atoms with van der Waals surface area (Å²) in [5.74, 6) is 9.95. The van der Waals surface area contributed by atoms with E-state index in [9.17, 15) is 4.79 Å². The molecule has 0 spiro atoms. The van der Waals surface area contributed by atoms with Gasteiger partial charge in [-0.3, -0.25) is 0 Å². The first-order valence-electron chi connectivity index (χ1n) is 3.68. The molecule has 0 saturated carbocycles. The van der Waals surface area contributed by atoms with E-state index >= 15 is 0 Å². The summed E-state index contributed by atoms with van der Waals surface area (Å²) >= 11 is 0. The molecule has 0 aliphatic rings. The summed E-state index contributed by atoms with van der Waals surface area (Å²) in [5.41, 5.74) is 0. The van der Waals surface area contributed by atoms with Crippen molar-refractivity contribution < 1.29 is 9.53 Å². The SMILES string of the molecule is C/C=C\C#CC#C/C=C/C(=O)OC.